The van der Waals surface area contributed by atoms with E-state index in [4.69, 9.17) is 0 Å². The largest absolute Gasteiger partial charge is 0.369 e. The number of piperazine rings is 1. The summed E-state index contributed by atoms with van der Waals surface area (Å²) in [4.78, 5) is 38.4. The Kier molecular flexibility index (Phi) is 6.23. The maximum Gasteiger partial charge on any atom is 0.269 e. The van der Waals surface area contributed by atoms with Crippen molar-refractivity contribution in [3.8, 4) is 0 Å². The first-order valence-corrected chi connectivity index (χ1v) is 9.46. The highest BCUT2D eigenvalue weighted by atomic mass is 16.6. The summed E-state index contributed by atoms with van der Waals surface area (Å²) in [5.74, 6) is -0.0862. The van der Waals surface area contributed by atoms with E-state index in [1.54, 1.807) is 19.9 Å². The number of nitrogens with zero attached hydrogens (tertiary/aromatic N) is 3. The molecule has 1 aliphatic rings. The van der Waals surface area contributed by atoms with Crippen molar-refractivity contribution >= 4 is 28.8 Å². The molecule has 8 heteroatoms. The fourth-order valence-corrected chi connectivity index (χ4v) is 3.37. The highest BCUT2D eigenvalue weighted by molar-refractivity contribution is 5.94. The minimum atomic E-state index is -0.453. The average molecular weight is 396 g/mol. The third-order valence-electron chi connectivity index (χ3n) is 5.07. The van der Waals surface area contributed by atoms with Crippen molar-refractivity contribution in [2.75, 3.05) is 42.9 Å². The highest BCUT2D eigenvalue weighted by Crippen LogP contribution is 2.21. The van der Waals surface area contributed by atoms with Gasteiger partial charge in [-0.15, -0.1) is 0 Å². The van der Waals surface area contributed by atoms with Gasteiger partial charge in [0, 0.05) is 55.2 Å². The van der Waals surface area contributed by atoms with Crippen molar-refractivity contribution in [2.24, 2.45) is 0 Å². The van der Waals surface area contributed by atoms with E-state index < -0.39 is 4.92 Å². The lowest BCUT2D eigenvalue weighted by Crippen LogP contribution is -2.48. The topological polar surface area (TPSA) is 95.8 Å². The van der Waals surface area contributed by atoms with Gasteiger partial charge in [-0.1, -0.05) is 0 Å². The SMILES string of the molecule is CC(=O)c1ccc(N2CCN(CC(=O)Nc3ccc([N+](=O)[O-])cc3C)CC2)cc1. The summed E-state index contributed by atoms with van der Waals surface area (Å²) in [6.45, 7) is 6.65. The molecule has 2 aromatic carbocycles. The Labute approximate surface area is 169 Å². The number of nitro groups is 1. The van der Waals surface area contributed by atoms with Gasteiger partial charge in [0.1, 0.15) is 0 Å². The van der Waals surface area contributed by atoms with Gasteiger partial charge in [-0.05, 0) is 49.7 Å². The second-order valence-corrected chi connectivity index (χ2v) is 7.17. The van der Waals surface area contributed by atoms with Gasteiger partial charge in [0.05, 0.1) is 11.5 Å². The van der Waals surface area contributed by atoms with Crippen LogP contribution in [0, 0.1) is 17.0 Å². The molecule has 0 atom stereocenters. The van der Waals surface area contributed by atoms with E-state index in [1.165, 1.54) is 12.1 Å². The smallest absolute Gasteiger partial charge is 0.269 e. The Balaban J connectivity index is 1.51. The van der Waals surface area contributed by atoms with Gasteiger partial charge < -0.3 is 10.2 Å². The molecule has 29 heavy (non-hydrogen) atoms. The number of carbonyl (C=O) groups excluding carboxylic acids is 2. The molecule has 1 aliphatic heterocycles. The Morgan fingerprint density at radius 3 is 2.28 bits per heavy atom. The normalized spacial score (nSPS) is 14.5. The van der Waals surface area contributed by atoms with Crippen LogP contribution in [0.4, 0.5) is 17.1 Å². The van der Waals surface area contributed by atoms with Crippen LogP contribution in [-0.2, 0) is 4.79 Å². The highest BCUT2D eigenvalue weighted by Gasteiger charge is 2.20. The van der Waals surface area contributed by atoms with Crippen molar-refractivity contribution < 1.29 is 14.5 Å². The number of benzene rings is 2. The van der Waals surface area contributed by atoms with Crippen LogP contribution in [-0.4, -0.2) is 54.2 Å². The number of amides is 1. The van der Waals surface area contributed by atoms with Gasteiger partial charge in [-0.2, -0.15) is 0 Å². The number of Topliss-reactive ketones (excluding diaryl/α,β-unsaturated/α-hetero) is 1. The zero-order valence-corrected chi connectivity index (χ0v) is 16.6. The first kappa shape index (κ1) is 20.5. The lowest BCUT2D eigenvalue weighted by atomic mass is 10.1. The predicted molar refractivity (Wildman–Crippen MR) is 112 cm³/mol. The van der Waals surface area contributed by atoms with E-state index in [1.807, 2.05) is 24.3 Å². The first-order valence-electron chi connectivity index (χ1n) is 9.46. The third kappa shape index (κ3) is 5.17. The van der Waals surface area contributed by atoms with E-state index in [0.29, 0.717) is 16.8 Å². The van der Waals surface area contributed by atoms with Gasteiger partial charge in [0.2, 0.25) is 5.91 Å². The van der Waals surface area contributed by atoms with Gasteiger partial charge >= 0.3 is 0 Å². The first-order chi connectivity index (χ1) is 13.8. The molecule has 1 N–H and O–H groups in total. The van der Waals surface area contributed by atoms with Crippen LogP contribution in [0.5, 0.6) is 0 Å². The fourth-order valence-electron chi connectivity index (χ4n) is 3.37. The molecule has 1 heterocycles. The molecule has 0 saturated carbocycles. The molecule has 0 bridgehead atoms. The molecule has 2 aromatic rings. The van der Waals surface area contributed by atoms with Crippen LogP contribution in [0.15, 0.2) is 42.5 Å². The van der Waals surface area contributed by atoms with Crippen LogP contribution in [0.3, 0.4) is 0 Å². The number of nitro benzene ring substituents is 1. The Hall–Kier alpha value is -3.26. The number of nitrogens with one attached hydrogen (secondary N) is 1. The van der Waals surface area contributed by atoms with Crippen LogP contribution in [0.2, 0.25) is 0 Å². The standard InChI is InChI=1S/C21H24N4O4/c1-15-13-19(25(28)29)7-8-20(15)22-21(27)14-23-9-11-24(12-10-23)18-5-3-17(4-6-18)16(2)26/h3-8,13H,9-12,14H2,1-2H3,(H,22,27). The van der Waals surface area contributed by atoms with Crippen LogP contribution in [0.1, 0.15) is 22.8 Å². The summed E-state index contributed by atoms with van der Waals surface area (Å²) in [5.41, 5.74) is 3.02. The number of anilines is 2. The van der Waals surface area contributed by atoms with E-state index in [0.717, 1.165) is 31.9 Å². The van der Waals surface area contributed by atoms with Crippen LogP contribution in [0.25, 0.3) is 0 Å². The predicted octanol–water partition coefficient (Wildman–Crippen LogP) is 2.87. The van der Waals surface area contributed by atoms with E-state index in [9.17, 15) is 19.7 Å². The molecule has 0 unspecified atom stereocenters. The lowest BCUT2D eigenvalue weighted by molar-refractivity contribution is -0.384. The molecular weight excluding hydrogens is 372 g/mol. The summed E-state index contributed by atoms with van der Waals surface area (Å²) in [5, 5.41) is 13.7. The molecule has 0 radical (unpaired) electrons. The maximum absolute atomic E-state index is 12.4. The van der Waals surface area contributed by atoms with E-state index in [2.05, 4.69) is 15.1 Å². The number of hydrogen-bond donors (Lipinski definition) is 1. The van der Waals surface area contributed by atoms with Crippen LogP contribution < -0.4 is 10.2 Å². The zero-order chi connectivity index (χ0) is 21.0. The Morgan fingerprint density at radius 1 is 1.07 bits per heavy atom. The molecule has 3 rings (SSSR count). The number of aryl methyl sites for hydroxylation is 1. The molecule has 152 valence electrons. The second-order valence-electron chi connectivity index (χ2n) is 7.17. The number of hydrogen-bond acceptors (Lipinski definition) is 6. The summed E-state index contributed by atoms with van der Waals surface area (Å²) in [6.07, 6.45) is 0. The van der Waals surface area contributed by atoms with Crippen LogP contribution >= 0.6 is 0 Å². The molecule has 1 saturated heterocycles. The van der Waals surface area contributed by atoms with E-state index in [-0.39, 0.29) is 23.9 Å². The molecule has 8 nitrogen and oxygen atoms in total. The number of ketones is 1. The molecule has 0 aromatic heterocycles. The average Bonchev–Trinajstić information content (AvgIpc) is 2.70. The molecule has 1 fully saturated rings. The Bertz CT molecular complexity index is 919. The number of rotatable bonds is 6. The summed E-state index contributed by atoms with van der Waals surface area (Å²) in [6, 6.07) is 12.0. The summed E-state index contributed by atoms with van der Waals surface area (Å²) >= 11 is 0. The van der Waals surface area contributed by atoms with Crippen molar-refractivity contribution in [3.05, 3.63) is 63.7 Å². The Morgan fingerprint density at radius 2 is 1.72 bits per heavy atom. The molecular formula is C21H24N4O4. The van der Waals surface area contributed by atoms with Gasteiger partial charge in [0.25, 0.3) is 5.69 Å². The summed E-state index contributed by atoms with van der Waals surface area (Å²) in [7, 11) is 0. The summed E-state index contributed by atoms with van der Waals surface area (Å²) < 4.78 is 0. The minimum absolute atomic E-state index is 0.00737. The second kappa shape index (κ2) is 8.83. The van der Waals surface area contributed by atoms with Crippen molar-refractivity contribution in [2.45, 2.75) is 13.8 Å². The fraction of sp³-hybridized carbons (Fsp3) is 0.333. The third-order valence-corrected chi connectivity index (χ3v) is 5.07. The lowest BCUT2D eigenvalue weighted by Gasteiger charge is -2.35. The molecule has 1 amide bonds. The number of non-ortho nitro benzene ring substituents is 1. The zero-order valence-electron chi connectivity index (χ0n) is 16.6. The van der Waals surface area contributed by atoms with E-state index >= 15 is 0 Å². The van der Waals surface area contributed by atoms with Gasteiger partial charge in [0.15, 0.2) is 5.78 Å². The van der Waals surface area contributed by atoms with Gasteiger partial charge in [-0.25, -0.2) is 0 Å². The number of carbonyl (C=O) groups is 2. The maximum atomic E-state index is 12.4. The quantitative estimate of drug-likeness (QED) is 0.458. The molecule has 0 spiro atoms. The van der Waals surface area contributed by atoms with Gasteiger partial charge in [-0.3, -0.25) is 24.6 Å². The molecule has 0 aliphatic carbocycles. The minimum Gasteiger partial charge on any atom is -0.369 e. The van der Waals surface area contributed by atoms with Crippen molar-refractivity contribution in [3.63, 3.8) is 0 Å². The van der Waals surface area contributed by atoms with Crippen molar-refractivity contribution in [1.29, 1.82) is 0 Å². The van der Waals surface area contributed by atoms with Crippen molar-refractivity contribution in [1.82, 2.24) is 4.90 Å². The monoisotopic (exact) mass is 396 g/mol.